The van der Waals surface area contributed by atoms with Crippen molar-refractivity contribution in [2.24, 2.45) is 17.3 Å². The monoisotopic (exact) mass is 140 g/mol. The molecule has 1 rings (SSSR count). The van der Waals surface area contributed by atoms with Gasteiger partial charge in [-0.2, -0.15) is 0 Å². The second kappa shape index (κ2) is 2.56. The molecular formula is C10H20. The molecule has 0 nitrogen and oxygen atoms in total. The fourth-order valence-corrected chi connectivity index (χ4v) is 2.50. The molecule has 0 aromatic heterocycles. The van der Waals surface area contributed by atoms with Crippen LogP contribution in [0.2, 0.25) is 0 Å². The van der Waals surface area contributed by atoms with Crippen LogP contribution in [0.3, 0.4) is 0 Å². The highest BCUT2D eigenvalue weighted by atomic mass is 14.5. The quantitative estimate of drug-likeness (QED) is 0.551. The maximum absolute atomic E-state index is 2.37. The van der Waals surface area contributed by atoms with Crippen LogP contribution in [-0.4, -0.2) is 0 Å². The van der Waals surface area contributed by atoms with Crippen LogP contribution in [0.1, 0.15) is 47.0 Å². The maximum Gasteiger partial charge on any atom is -0.0272 e. The standard InChI is InChI=1S/C10H20/c1-5-10(8(2)3)6-9(4)7-10/h8-9H,5-7H2,1-4H3. The highest BCUT2D eigenvalue weighted by Crippen LogP contribution is 2.52. The van der Waals surface area contributed by atoms with Crippen LogP contribution >= 0.6 is 0 Å². The Bertz CT molecular complexity index is 107. The second-order valence-electron chi connectivity index (χ2n) is 4.38. The summed E-state index contributed by atoms with van der Waals surface area (Å²) in [4.78, 5) is 0. The van der Waals surface area contributed by atoms with Crippen molar-refractivity contribution in [1.29, 1.82) is 0 Å². The maximum atomic E-state index is 2.37. The summed E-state index contributed by atoms with van der Waals surface area (Å²) in [6.45, 7) is 9.45. The average molecular weight is 140 g/mol. The van der Waals surface area contributed by atoms with Crippen molar-refractivity contribution in [2.45, 2.75) is 47.0 Å². The van der Waals surface area contributed by atoms with Crippen LogP contribution in [0.25, 0.3) is 0 Å². The Balaban J connectivity index is 2.48. The second-order valence-corrected chi connectivity index (χ2v) is 4.38. The van der Waals surface area contributed by atoms with E-state index in [1.165, 1.54) is 19.3 Å². The van der Waals surface area contributed by atoms with Gasteiger partial charge in [0.05, 0.1) is 0 Å². The van der Waals surface area contributed by atoms with Crippen LogP contribution in [0.4, 0.5) is 0 Å². The van der Waals surface area contributed by atoms with Gasteiger partial charge >= 0.3 is 0 Å². The van der Waals surface area contributed by atoms with Gasteiger partial charge in [-0.15, -0.1) is 0 Å². The largest absolute Gasteiger partial charge is 0.0648 e. The molecule has 10 heavy (non-hydrogen) atoms. The fourth-order valence-electron chi connectivity index (χ4n) is 2.50. The van der Waals surface area contributed by atoms with Gasteiger partial charge in [0.2, 0.25) is 0 Å². The van der Waals surface area contributed by atoms with Crippen molar-refractivity contribution >= 4 is 0 Å². The first kappa shape index (κ1) is 8.10. The van der Waals surface area contributed by atoms with E-state index in [9.17, 15) is 0 Å². The lowest BCUT2D eigenvalue weighted by atomic mass is 9.56. The number of rotatable bonds is 2. The van der Waals surface area contributed by atoms with Crippen LogP contribution in [-0.2, 0) is 0 Å². The van der Waals surface area contributed by atoms with Gasteiger partial charge < -0.3 is 0 Å². The van der Waals surface area contributed by atoms with Crippen molar-refractivity contribution in [3.8, 4) is 0 Å². The first-order valence-corrected chi connectivity index (χ1v) is 4.60. The van der Waals surface area contributed by atoms with E-state index < -0.39 is 0 Å². The highest BCUT2D eigenvalue weighted by Gasteiger charge is 2.42. The van der Waals surface area contributed by atoms with E-state index in [-0.39, 0.29) is 0 Å². The lowest BCUT2D eigenvalue weighted by Crippen LogP contribution is -2.39. The molecule has 1 fully saturated rings. The van der Waals surface area contributed by atoms with Crippen molar-refractivity contribution in [3.63, 3.8) is 0 Å². The fraction of sp³-hybridized carbons (Fsp3) is 1.00. The van der Waals surface area contributed by atoms with Crippen LogP contribution < -0.4 is 0 Å². The molecule has 0 heteroatoms. The predicted octanol–water partition coefficient (Wildman–Crippen LogP) is 3.47. The lowest BCUT2D eigenvalue weighted by molar-refractivity contribution is 0.0109. The first-order valence-electron chi connectivity index (χ1n) is 4.60. The normalized spacial score (nSPS) is 39.9. The summed E-state index contributed by atoms with van der Waals surface area (Å²) in [5, 5.41) is 0. The summed E-state index contributed by atoms with van der Waals surface area (Å²) in [5.74, 6) is 1.90. The van der Waals surface area contributed by atoms with Gasteiger partial charge in [-0.25, -0.2) is 0 Å². The van der Waals surface area contributed by atoms with E-state index in [0.717, 1.165) is 17.3 Å². The zero-order valence-electron chi connectivity index (χ0n) is 7.78. The Labute approximate surface area is 65.0 Å². The zero-order chi connectivity index (χ0) is 7.78. The highest BCUT2D eigenvalue weighted by molar-refractivity contribution is 4.92. The van der Waals surface area contributed by atoms with Crippen LogP contribution in [0.5, 0.6) is 0 Å². The van der Waals surface area contributed by atoms with E-state index >= 15 is 0 Å². The minimum atomic E-state index is 0.736. The molecule has 0 aliphatic heterocycles. The molecule has 0 radical (unpaired) electrons. The molecule has 0 amide bonds. The molecule has 0 unspecified atom stereocenters. The molecule has 0 spiro atoms. The van der Waals surface area contributed by atoms with Crippen LogP contribution in [0.15, 0.2) is 0 Å². The molecule has 0 saturated heterocycles. The summed E-state index contributed by atoms with van der Waals surface area (Å²) < 4.78 is 0. The zero-order valence-corrected chi connectivity index (χ0v) is 7.78. The molecule has 60 valence electrons. The number of hydrogen-bond acceptors (Lipinski definition) is 0. The Morgan fingerprint density at radius 3 is 2.00 bits per heavy atom. The SMILES string of the molecule is CCC1(C(C)C)CC(C)C1. The van der Waals surface area contributed by atoms with Gasteiger partial charge in [-0.3, -0.25) is 0 Å². The van der Waals surface area contributed by atoms with E-state index in [2.05, 4.69) is 27.7 Å². The first-order chi connectivity index (χ1) is 4.60. The summed E-state index contributed by atoms with van der Waals surface area (Å²) >= 11 is 0. The molecule has 1 aliphatic rings. The van der Waals surface area contributed by atoms with Crippen molar-refractivity contribution in [1.82, 2.24) is 0 Å². The smallest absolute Gasteiger partial charge is 0.0272 e. The Kier molecular flexibility index (Phi) is 2.07. The van der Waals surface area contributed by atoms with E-state index in [1.807, 2.05) is 0 Å². The van der Waals surface area contributed by atoms with E-state index in [1.54, 1.807) is 0 Å². The molecule has 0 aromatic carbocycles. The van der Waals surface area contributed by atoms with Gasteiger partial charge in [-0.05, 0) is 30.1 Å². The van der Waals surface area contributed by atoms with E-state index in [4.69, 9.17) is 0 Å². The molecule has 0 atom stereocenters. The number of hydrogen-bond donors (Lipinski definition) is 0. The molecule has 0 bridgehead atoms. The molecule has 1 saturated carbocycles. The van der Waals surface area contributed by atoms with Crippen LogP contribution in [0, 0.1) is 17.3 Å². The Morgan fingerprint density at radius 2 is 1.90 bits per heavy atom. The molecule has 0 aromatic rings. The van der Waals surface area contributed by atoms with Gasteiger partial charge in [0.15, 0.2) is 0 Å². The summed E-state index contributed by atoms with van der Waals surface area (Å²) in [5.41, 5.74) is 0.736. The summed E-state index contributed by atoms with van der Waals surface area (Å²) in [6.07, 6.45) is 4.33. The third kappa shape index (κ3) is 1.09. The molecule has 0 heterocycles. The summed E-state index contributed by atoms with van der Waals surface area (Å²) in [7, 11) is 0. The minimum Gasteiger partial charge on any atom is -0.0648 e. The van der Waals surface area contributed by atoms with Crippen molar-refractivity contribution < 1.29 is 0 Å². The van der Waals surface area contributed by atoms with Gasteiger partial charge in [0.1, 0.15) is 0 Å². The average Bonchev–Trinajstić information content (AvgIpc) is 1.79. The topological polar surface area (TPSA) is 0 Å². The lowest BCUT2D eigenvalue weighted by Gasteiger charge is -2.49. The van der Waals surface area contributed by atoms with Crippen molar-refractivity contribution in [3.05, 3.63) is 0 Å². The van der Waals surface area contributed by atoms with E-state index in [0.29, 0.717) is 0 Å². The van der Waals surface area contributed by atoms with Gasteiger partial charge in [-0.1, -0.05) is 34.1 Å². The Hall–Kier alpha value is 0. The molecular weight excluding hydrogens is 120 g/mol. The minimum absolute atomic E-state index is 0.736. The third-order valence-corrected chi connectivity index (χ3v) is 3.44. The molecule has 0 N–H and O–H groups in total. The third-order valence-electron chi connectivity index (χ3n) is 3.44. The Morgan fingerprint density at radius 1 is 1.40 bits per heavy atom. The molecule has 1 aliphatic carbocycles. The summed E-state index contributed by atoms with van der Waals surface area (Å²) in [6, 6.07) is 0. The van der Waals surface area contributed by atoms with Gasteiger partial charge in [0, 0.05) is 0 Å². The van der Waals surface area contributed by atoms with Gasteiger partial charge in [0.25, 0.3) is 0 Å². The van der Waals surface area contributed by atoms with Crippen molar-refractivity contribution in [2.75, 3.05) is 0 Å². The predicted molar refractivity (Wildman–Crippen MR) is 46.0 cm³/mol.